The van der Waals surface area contributed by atoms with Gasteiger partial charge in [-0.1, -0.05) is 70.0 Å². The molecule has 0 aliphatic rings. The number of anilines is 1. The maximum atomic E-state index is 13.7. The predicted octanol–water partition coefficient (Wildman–Crippen LogP) is 4.16. The zero-order valence-electron chi connectivity index (χ0n) is 20.5. The van der Waals surface area contributed by atoms with Gasteiger partial charge < -0.3 is 10.2 Å². The predicted molar refractivity (Wildman–Crippen MR) is 145 cm³/mol. The highest BCUT2D eigenvalue weighted by molar-refractivity contribution is 9.10. The zero-order chi connectivity index (χ0) is 26.3. The molecule has 3 aromatic carbocycles. The molecule has 1 unspecified atom stereocenters. The van der Waals surface area contributed by atoms with Crippen LogP contribution in [0.5, 0.6) is 0 Å². The van der Waals surface area contributed by atoms with Crippen molar-refractivity contribution in [3.05, 3.63) is 94.5 Å². The molecule has 0 fully saturated rings. The number of hydrogen-bond acceptors (Lipinski definition) is 4. The van der Waals surface area contributed by atoms with Crippen molar-refractivity contribution in [2.75, 3.05) is 24.4 Å². The Labute approximate surface area is 221 Å². The van der Waals surface area contributed by atoms with Gasteiger partial charge in [0.05, 0.1) is 10.6 Å². The summed E-state index contributed by atoms with van der Waals surface area (Å²) in [6.07, 6.45) is 0.523. The summed E-state index contributed by atoms with van der Waals surface area (Å²) in [5.41, 5.74) is 2.27. The van der Waals surface area contributed by atoms with Crippen molar-refractivity contribution >= 4 is 43.5 Å². The molecule has 0 spiro atoms. The fraction of sp³-hybridized carbons (Fsp3) is 0.259. The molecule has 0 saturated heterocycles. The molecule has 190 valence electrons. The summed E-state index contributed by atoms with van der Waals surface area (Å²) >= 11 is 3.39. The summed E-state index contributed by atoms with van der Waals surface area (Å²) in [7, 11) is -2.56. The van der Waals surface area contributed by atoms with Gasteiger partial charge >= 0.3 is 0 Å². The second kappa shape index (κ2) is 12.2. The summed E-state index contributed by atoms with van der Waals surface area (Å²) < 4.78 is 29.2. The molecule has 1 atom stereocenters. The number of nitrogens with zero attached hydrogens (tertiary/aromatic N) is 2. The molecule has 0 aliphatic carbocycles. The van der Waals surface area contributed by atoms with Gasteiger partial charge in [0, 0.05) is 18.1 Å². The standard InChI is InChI=1S/C27H30BrN3O4S/c1-20-12-14-25(15-13-20)36(34,35)31(24-11-7-10-23(28)18-24)19-26(32)30(21(2)27(33)29-3)17-16-22-8-5-4-6-9-22/h4-15,18,21H,16-17,19H2,1-3H3,(H,29,33). The molecule has 0 radical (unpaired) electrons. The van der Waals surface area contributed by atoms with E-state index in [1.807, 2.05) is 37.3 Å². The SMILES string of the molecule is CNC(=O)C(C)N(CCc1ccccc1)C(=O)CN(c1cccc(Br)c1)S(=O)(=O)c1ccc(C)cc1. The molecular formula is C27H30BrN3O4S. The lowest BCUT2D eigenvalue weighted by molar-refractivity contribution is -0.138. The molecule has 0 aromatic heterocycles. The molecule has 0 bridgehead atoms. The largest absolute Gasteiger partial charge is 0.357 e. The van der Waals surface area contributed by atoms with Crippen molar-refractivity contribution in [1.82, 2.24) is 10.2 Å². The van der Waals surface area contributed by atoms with Crippen LogP contribution in [0.2, 0.25) is 0 Å². The second-order valence-corrected chi connectivity index (χ2v) is 11.2. The Morgan fingerprint density at radius 3 is 2.25 bits per heavy atom. The molecule has 3 rings (SSSR count). The first-order chi connectivity index (χ1) is 17.1. The van der Waals surface area contributed by atoms with Crippen molar-refractivity contribution < 1.29 is 18.0 Å². The molecule has 0 saturated carbocycles. The van der Waals surface area contributed by atoms with Gasteiger partial charge in [-0.15, -0.1) is 0 Å². The lowest BCUT2D eigenvalue weighted by Gasteiger charge is -2.31. The Bertz CT molecular complexity index is 1300. The van der Waals surface area contributed by atoms with Gasteiger partial charge in [0.25, 0.3) is 10.0 Å². The number of hydrogen-bond donors (Lipinski definition) is 1. The third-order valence-electron chi connectivity index (χ3n) is 5.88. The van der Waals surface area contributed by atoms with Crippen LogP contribution in [0.4, 0.5) is 5.69 Å². The molecule has 0 aliphatic heterocycles. The van der Waals surface area contributed by atoms with Crippen LogP contribution in [0.1, 0.15) is 18.1 Å². The number of aryl methyl sites for hydroxylation is 1. The number of benzene rings is 3. The zero-order valence-corrected chi connectivity index (χ0v) is 22.9. The van der Waals surface area contributed by atoms with Gasteiger partial charge in [-0.2, -0.15) is 0 Å². The lowest BCUT2D eigenvalue weighted by atomic mass is 10.1. The van der Waals surface area contributed by atoms with Crippen molar-refractivity contribution in [3.63, 3.8) is 0 Å². The highest BCUT2D eigenvalue weighted by Gasteiger charge is 2.32. The quantitative estimate of drug-likeness (QED) is 0.396. The summed E-state index contributed by atoms with van der Waals surface area (Å²) in [5, 5.41) is 2.58. The van der Waals surface area contributed by atoms with E-state index in [1.54, 1.807) is 43.3 Å². The second-order valence-electron chi connectivity index (χ2n) is 8.42. The van der Waals surface area contributed by atoms with Crippen LogP contribution >= 0.6 is 15.9 Å². The third kappa shape index (κ3) is 6.73. The van der Waals surface area contributed by atoms with Gasteiger partial charge in [0.1, 0.15) is 12.6 Å². The first-order valence-electron chi connectivity index (χ1n) is 11.5. The number of halogens is 1. The number of likely N-dealkylation sites (N-methyl/N-ethyl adjacent to an activating group) is 1. The van der Waals surface area contributed by atoms with E-state index in [9.17, 15) is 18.0 Å². The van der Waals surface area contributed by atoms with Crippen molar-refractivity contribution in [3.8, 4) is 0 Å². The number of carbonyl (C=O) groups is 2. The highest BCUT2D eigenvalue weighted by Crippen LogP contribution is 2.27. The van der Waals surface area contributed by atoms with Crippen LogP contribution < -0.4 is 9.62 Å². The van der Waals surface area contributed by atoms with E-state index in [2.05, 4.69) is 21.2 Å². The van der Waals surface area contributed by atoms with E-state index in [-0.39, 0.29) is 17.3 Å². The van der Waals surface area contributed by atoms with Crippen LogP contribution in [-0.4, -0.2) is 51.3 Å². The summed E-state index contributed by atoms with van der Waals surface area (Å²) in [6.45, 7) is 3.31. The third-order valence-corrected chi connectivity index (χ3v) is 8.16. The number of carbonyl (C=O) groups excluding carboxylic acids is 2. The van der Waals surface area contributed by atoms with E-state index in [4.69, 9.17) is 0 Å². The molecule has 7 nitrogen and oxygen atoms in total. The molecular weight excluding hydrogens is 542 g/mol. The number of sulfonamides is 1. The maximum Gasteiger partial charge on any atom is 0.264 e. The normalized spacial score (nSPS) is 12.0. The Hall–Kier alpha value is -3.17. The van der Waals surface area contributed by atoms with Crippen LogP contribution in [0, 0.1) is 6.92 Å². The monoisotopic (exact) mass is 571 g/mol. The minimum Gasteiger partial charge on any atom is -0.357 e. The van der Waals surface area contributed by atoms with Crippen molar-refractivity contribution in [1.29, 1.82) is 0 Å². The average molecular weight is 573 g/mol. The summed E-state index contributed by atoms with van der Waals surface area (Å²) in [6, 6.07) is 22.1. The van der Waals surface area contributed by atoms with Gasteiger partial charge in [-0.3, -0.25) is 13.9 Å². The molecule has 0 heterocycles. The minimum atomic E-state index is -4.07. The number of rotatable bonds is 10. The van der Waals surface area contributed by atoms with Gasteiger partial charge in [0.2, 0.25) is 11.8 Å². The van der Waals surface area contributed by atoms with Crippen LogP contribution in [-0.2, 0) is 26.0 Å². The molecule has 1 N–H and O–H groups in total. The van der Waals surface area contributed by atoms with Crippen LogP contribution in [0.3, 0.4) is 0 Å². The topological polar surface area (TPSA) is 86.8 Å². The van der Waals surface area contributed by atoms with E-state index < -0.39 is 28.5 Å². The van der Waals surface area contributed by atoms with Gasteiger partial charge in [-0.25, -0.2) is 8.42 Å². The Morgan fingerprint density at radius 1 is 0.972 bits per heavy atom. The molecule has 3 aromatic rings. The molecule has 2 amide bonds. The number of nitrogens with one attached hydrogen (secondary N) is 1. The fourth-order valence-electron chi connectivity index (χ4n) is 3.78. The van der Waals surface area contributed by atoms with E-state index in [0.717, 1.165) is 15.4 Å². The fourth-order valence-corrected chi connectivity index (χ4v) is 5.57. The smallest absolute Gasteiger partial charge is 0.264 e. The van der Waals surface area contributed by atoms with E-state index >= 15 is 0 Å². The molecule has 9 heteroatoms. The minimum absolute atomic E-state index is 0.0797. The number of amides is 2. The highest BCUT2D eigenvalue weighted by atomic mass is 79.9. The van der Waals surface area contributed by atoms with Crippen LogP contribution in [0.15, 0.2) is 88.2 Å². The summed E-state index contributed by atoms with van der Waals surface area (Å²) in [4.78, 5) is 27.6. The maximum absolute atomic E-state index is 13.7. The lowest BCUT2D eigenvalue weighted by Crippen LogP contribution is -2.51. The van der Waals surface area contributed by atoms with Crippen LogP contribution in [0.25, 0.3) is 0 Å². The molecule has 36 heavy (non-hydrogen) atoms. The first-order valence-corrected chi connectivity index (χ1v) is 13.8. The summed E-state index contributed by atoms with van der Waals surface area (Å²) in [5.74, 6) is -0.801. The first kappa shape index (κ1) is 27.4. The van der Waals surface area contributed by atoms with Crippen molar-refractivity contribution in [2.45, 2.75) is 31.2 Å². The Morgan fingerprint density at radius 2 is 1.64 bits per heavy atom. The van der Waals surface area contributed by atoms with E-state index in [0.29, 0.717) is 16.6 Å². The van der Waals surface area contributed by atoms with E-state index in [1.165, 1.54) is 24.1 Å². The Balaban J connectivity index is 1.97. The van der Waals surface area contributed by atoms with Crippen molar-refractivity contribution in [2.24, 2.45) is 0 Å². The van der Waals surface area contributed by atoms with Gasteiger partial charge in [0.15, 0.2) is 0 Å². The Kier molecular flexibility index (Phi) is 9.28. The van der Waals surface area contributed by atoms with Gasteiger partial charge in [-0.05, 0) is 56.2 Å². The average Bonchev–Trinajstić information content (AvgIpc) is 2.87.